The summed E-state index contributed by atoms with van der Waals surface area (Å²) < 4.78 is 0. The molecule has 0 aromatic heterocycles. The van der Waals surface area contributed by atoms with E-state index in [1.165, 1.54) is 19.3 Å². The van der Waals surface area contributed by atoms with Gasteiger partial charge < -0.3 is 10.6 Å². The molecule has 0 radical (unpaired) electrons. The smallest absolute Gasteiger partial charge is 0.226 e. The third-order valence-corrected chi connectivity index (χ3v) is 6.73. The molecule has 0 aliphatic heterocycles. The van der Waals surface area contributed by atoms with Crippen molar-refractivity contribution in [2.45, 2.75) is 51.5 Å². The predicted molar refractivity (Wildman–Crippen MR) is 101 cm³/mol. The van der Waals surface area contributed by atoms with Crippen LogP contribution in [0.2, 0.25) is 0 Å². The van der Waals surface area contributed by atoms with Crippen LogP contribution in [0.3, 0.4) is 0 Å². The maximum Gasteiger partial charge on any atom is 0.226 e. The van der Waals surface area contributed by atoms with E-state index in [9.17, 15) is 9.59 Å². The van der Waals surface area contributed by atoms with Gasteiger partial charge in [-0.3, -0.25) is 9.59 Å². The summed E-state index contributed by atoms with van der Waals surface area (Å²) in [5.74, 6) is 2.36. The van der Waals surface area contributed by atoms with Crippen molar-refractivity contribution >= 4 is 11.8 Å². The van der Waals surface area contributed by atoms with E-state index in [0.717, 1.165) is 42.6 Å². The van der Waals surface area contributed by atoms with Gasteiger partial charge in [0.25, 0.3) is 0 Å². The number of nitriles is 1. The molecule has 27 heavy (non-hydrogen) atoms. The molecule has 2 amide bonds. The number of nitrogens with one attached hydrogen (secondary N) is 2. The molecule has 0 spiro atoms. The summed E-state index contributed by atoms with van der Waals surface area (Å²) in [4.78, 5) is 24.9. The number of carbonyl (C=O) groups is 2. The summed E-state index contributed by atoms with van der Waals surface area (Å²) in [6.45, 7) is 0.841. The molecule has 4 aliphatic rings. The lowest BCUT2D eigenvalue weighted by molar-refractivity contribution is -0.146. The third kappa shape index (κ3) is 3.85. The van der Waals surface area contributed by atoms with Crippen LogP contribution < -0.4 is 10.6 Å². The number of amides is 2. The van der Waals surface area contributed by atoms with E-state index in [2.05, 4.69) is 16.7 Å². The van der Waals surface area contributed by atoms with Crippen molar-refractivity contribution in [1.82, 2.24) is 10.6 Å². The number of rotatable bonds is 6. The Morgan fingerprint density at radius 1 is 1.00 bits per heavy atom. The fourth-order valence-corrected chi connectivity index (χ4v) is 5.85. The van der Waals surface area contributed by atoms with E-state index < -0.39 is 0 Å². The number of hydrogen-bond acceptors (Lipinski definition) is 3. The predicted octanol–water partition coefficient (Wildman–Crippen LogP) is 2.90. The van der Waals surface area contributed by atoms with E-state index in [1.807, 2.05) is 12.1 Å². The quantitative estimate of drug-likeness (QED) is 0.813. The van der Waals surface area contributed by atoms with E-state index in [4.69, 9.17) is 5.26 Å². The Morgan fingerprint density at radius 3 is 2.15 bits per heavy atom. The Kier molecular flexibility index (Phi) is 4.90. The van der Waals surface area contributed by atoms with Crippen LogP contribution in [0.15, 0.2) is 24.3 Å². The Hall–Kier alpha value is -2.35. The molecule has 5 rings (SSSR count). The molecule has 4 aliphatic carbocycles. The molecule has 5 nitrogen and oxygen atoms in total. The van der Waals surface area contributed by atoms with Gasteiger partial charge in [0.05, 0.1) is 11.6 Å². The van der Waals surface area contributed by atoms with Gasteiger partial charge in [-0.1, -0.05) is 12.1 Å². The molecule has 0 saturated heterocycles. The van der Waals surface area contributed by atoms with Crippen molar-refractivity contribution in [3.05, 3.63) is 35.4 Å². The maximum atomic E-state index is 12.8. The average Bonchev–Trinajstić information content (AvgIpc) is 2.65. The second-order valence-corrected chi connectivity index (χ2v) is 8.79. The number of carbonyl (C=O) groups excluding carboxylic acids is 2. The average molecular weight is 365 g/mol. The third-order valence-electron chi connectivity index (χ3n) is 6.73. The largest absolute Gasteiger partial charge is 0.355 e. The minimum Gasteiger partial charge on any atom is -0.355 e. The van der Waals surface area contributed by atoms with Crippen molar-refractivity contribution in [1.29, 1.82) is 5.26 Å². The molecule has 1 aromatic carbocycles. The van der Waals surface area contributed by atoms with Gasteiger partial charge in [0.1, 0.15) is 0 Å². The molecular formula is C22H27N3O2. The monoisotopic (exact) mass is 365 g/mol. The zero-order chi connectivity index (χ0) is 18.9. The van der Waals surface area contributed by atoms with Crippen LogP contribution in [-0.2, 0) is 16.1 Å². The highest BCUT2D eigenvalue weighted by Gasteiger charge is 2.54. The zero-order valence-corrected chi connectivity index (χ0v) is 15.7. The molecule has 4 bridgehead atoms. The maximum absolute atomic E-state index is 12.8. The number of hydrogen-bond donors (Lipinski definition) is 2. The standard InChI is InChI=1S/C22H27N3O2/c23-13-15-1-3-16(4-2-15)14-25-20(26)5-6-24-21(27)22-10-17-7-18(11-22)9-19(8-17)12-22/h1-4,17-19H,5-12,14H2,(H,24,27)(H,25,26). The van der Waals surface area contributed by atoms with Crippen LogP contribution in [0.5, 0.6) is 0 Å². The van der Waals surface area contributed by atoms with E-state index in [1.54, 1.807) is 12.1 Å². The Morgan fingerprint density at radius 2 is 1.59 bits per heavy atom. The van der Waals surface area contributed by atoms with Crippen molar-refractivity contribution in [2.24, 2.45) is 23.2 Å². The van der Waals surface area contributed by atoms with Crippen molar-refractivity contribution in [2.75, 3.05) is 6.54 Å². The first-order valence-electron chi connectivity index (χ1n) is 10.1. The molecule has 0 heterocycles. The highest BCUT2D eigenvalue weighted by atomic mass is 16.2. The summed E-state index contributed by atoms with van der Waals surface area (Å²) in [5.41, 5.74) is 1.42. The van der Waals surface area contributed by atoms with Crippen LogP contribution in [0.1, 0.15) is 56.1 Å². The van der Waals surface area contributed by atoms with Crippen LogP contribution in [0.25, 0.3) is 0 Å². The second kappa shape index (κ2) is 7.34. The van der Waals surface area contributed by atoms with Gasteiger partial charge in [0.2, 0.25) is 11.8 Å². The van der Waals surface area contributed by atoms with Gasteiger partial charge in [0.15, 0.2) is 0 Å². The van der Waals surface area contributed by atoms with Crippen molar-refractivity contribution in [3.63, 3.8) is 0 Å². The van der Waals surface area contributed by atoms with E-state index >= 15 is 0 Å². The van der Waals surface area contributed by atoms with Gasteiger partial charge in [0, 0.05) is 24.9 Å². The topological polar surface area (TPSA) is 82.0 Å². The molecule has 5 heteroatoms. The minimum atomic E-state index is -0.145. The van der Waals surface area contributed by atoms with Gasteiger partial charge in [-0.15, -0.1) is 0 Å². The van der Waals surface area contributed by atoms with Crippen molar-refractivity contribution < 1.29 is 9.59 Å². The molecule has 4 saturated carbocycles. The molecule has 2 N–H and O–H groups in total. The van der Waals surface area contributed by atoms with Crippen molar-refractivity contribution in [3.8, 4) is 6.07 Å². The lowest BCUT2D eigenvalue weighted by Gasteiger charge is -2.55. The van der Waals surface area contributed by atoms with Gasteiger partial charge in [-0.05, 0) is 74.0 Å². The molecule has 4 fully saturated rings. The first-order chi connectivity index (χ1) is 13.1. The first kappa shape index (κ1) is 18.0. The van der Waals surface area contributed by atoms with Crippen LogP contribution in [-0.4, -0.2) is 18.4 Å². The first-order valence-corrected chi connectivity index (χ1v) is 10.1. The SMILES string of the molecule is N#Cc1ccc(CNC(=O)CCNC(=O)C23CC4CC(CC(C4)C2)C3)cc1. The summed E-state index contributed by atoms with van der Waals surface area (Å²) >= 11 is 0. The molecule has 142 valence electrons. The van der Waals surface area contributed by atoms with Crippen LogP contribution >= 0.6 is 0 Å². The van der Waals surface area contributed by atoms with E-state index in [0.29, 0.717) is 25.1 Å². The highest BCUT2D eigenvalue weighted by Crippen LogP contribution is 2.60. The minimum absolute atomic E-state index is 0.0647. The Labute approximate surface area is 160 Å². The Bertz CT molecular complexity index is 727. The van der Waals surface area contributed by atoms with Gasteiger partial charge in [-0.2, -0.15) is 5.26 Å². The van der Waals surface area contributed by atoms with Crippen LogP contribution in [0, 0.1) is 34.5 Å². The summed E-state index contributed by atoms with van der Waals surface area (Å²) in [6, 6.07) is 9.25. The molecule has 1 aromatic rings. The fraction of sp³-hybridized carbons (Fsp3) is 0.591. The molecule has 0 atom stereocenters. The second-order valence-electron chi connectivity index (χ2n) is 8.79. The Balaban J connectivity index is 1.21. The molecule has 0 unspecified atom stereocenters. The normalized spacial score (nSPS) is 30.6. The van der Waals surface area contributed by atoms with Gasteiger partial charge >= 0.3 is 0 Å². The van der Waals surface area contributed by atoms with Gasteiger partial charge in [-0.25, -0.2) is 0 Å². The zero-order valence-electron chi connectivity index (χ0n) is 15.7. The summed E-state index contributed by atoms with van der Waals surface area (Å²) in [6.07, 6.45) is 7.42. The highest BCUT2D eigenvalue weighted by molar-refractivity contribution is 5.84. The lowest BCUT2D eigenvalue weighted by Crippen LogP contribution is -2.53. The summed E-state index contributed by atoms with van der Waals surface area (Å²) in [5, 5.41) is 14.7. The van der Waals surface area contributed by atoms with E-state index in [-0.39, 0.29) is 17.2 Å². The fourth-order valence-electron chi connectivity index (χ4n) is 5.85. The number of benzene rings is 1. The number of nitrogens with zero attached hydrogens (tertiary/aromatic N) is 1. The molecular weight excluding hydrogens is 338 g/mol. The van der Waals surface area contributed by atoms with Crippen LogP contribution in [0.4, 0.5) is 0 Å². The summed E-state index contributed by atoms with van der Waals surface area (Å²) in [7, 11) is 0. The lowest BCUT2D eigenvalue weighted by atomic mass is 9.49.